The third kappa shape index (κ3) is 4.75. The van der Waals surface area contributed by atoms with Crippen molar-refractivity contribution in [3.8, 4) is 0 Å². The molecule has 0 saturated carbocycles. The highest BCUT2D eigenvalue weighted by Crippen LogP contribution is 2.21. The fourth-order valence-electron chi connectivity index (χ4n) is 1.67. The second kappa shape index (κ2) is 7.30. The Morgan fingerprint density at radius 2 is 2.06 bits per heavy atom. The van der Waals surface area contributed by atoms with Crippen LogP contribution >= 0.6 is 11.6 Å². The first-order valence-electron chi connectivity index (χ1n) is 5.60. The number of carboxylic acid groups (broad SMARTS) is 1. The van der Waals surface area contributed by atoms with Crippen LogP contribution in [0, 0.1) is 0 Å². The van der Waals surface area contributed by atoms with Gasteiger partial charge in [-0.25, -0.2) is 4.79 Å². The molecule has 0 aliphatic rings. The minimum atomic E-state index is -0.933. The Morgan fingerprint density at radius 1 is 1.41 bits per heavy atom. The fourth-order valence-corrected chi connectivity index (χ4v) is 1.75. The van der Waals surface area contributed by atoms with Gasteiger partial charge in [-0.05, 0) is 17.9 Å². The zero-order valence-electron chi connectivity index (χ0n) is 9.80. The molecule has 0 heterocycles. The van der Waals surface area contributed by atoms with E-state index in [-0.39, 0.29) is 12.5 Å². The maximum atomic E-state index is 11.0. The van der Waals surface area contributed by atoms with E-state index in [2.05, 4.69) is 0 Å². The number of hydrogen-bond acceptors (Lipinski definition) is 2. The number of carbonyl (C=O) groups is 1. The highest BCUT2D eigenvalue weighted by Gasteiger charge is 2.21. The van der Waals surface area contributed by atoms with E-state index in [9.17, 15) is 4.79 Å². The monoisotopic (exact) mass is 256 g/mol. The van der Waals surface area contributed by atoms with Crippen LogP contribution in [0.1, 0.15) is 24.8 Å². The van der Waals surface area contributed by atoms with Crippen molar-refractivity contribution in [3.63, 3.8) is 0 Å². The first-order chi connectivity index (χ1) is 8.15. The van der Waals surface area contributed by atoms with Crippen molar-refractivity contribution in [2.45, 2.75) is 25.4 Å². The molecule has 0 radical (unpaired) electrons. The Bertz CT molecular complexity index is 340. The van der Waals surface area contributed by atoms with E-state index < -0.39 is 12.1 Å². The van der Waals surface area contributed by atoms with E-state index in [1.807, 2.05) is 37.3 Å². The highest BCUT2D eigenvalue weighted by atomic mass is 35.5. The molecular formula is C13H17ClO3. The van der Waals surface area contributed by atoms with E-state index in [1.54, 1.807) is 0 Å². The molecule has 1 rings (SSSR count). The minimum absolute atomic E-state index is 0.146. The first-order valence-corrected chi connectivity index (χ1v) is 6.14. The number of benzene rings is 1. The molecule has 0 saturated heterocycles. The Hall–Kier alpha value is -1.06. The standard InChI is InChI=1S/C13H17ClO3/c1-10(11-5-3-2-4-6-11)9-12(13(15)16)17-8-7-14/h2-6,10,12H,7-9H2,1H3,(H,15,16). The predicted octanol–water partition coefficient (Wildman–Crippen LogP) is 2.89. The number of alkyl halides is 1. The van der Waals surface area contributed by atoms with Gasteiger partial charge in [-0.1, -0.05) is 37.3 Å². The van der Waals surface area contributed by atoms with E-state index >= 15 is 0 Å². The lowest BCUT2D eigenvalue weighted by molar-refractivity contribution is -0.150. The molecule has 2 unspecified atom stereocenters. The molecule has 0 fully saturated rings. The Labute approximate surface area is 106 Å². The quantitative estimate of drug-likeness (QED) is 0.763. The summed E-state index contributed by atoms with van der Waals surface area (Å²) in [6.07, 6.45) is -0.333. The van der Waals surface area contributed by atoms with Crippen LogP contribution in [0.15, 0.2) is 30.3 Å². The average molecular weight is 257 g/mol. The van der Waals surface area contributed by atoms with Gasteiger partial charge in [0.2, 0.25) is 0 Å². The minimum Gasteiger partial charge on any atom is -0.479 e. The van der Waals surface area contributed by atoms with Crippen molar-refractivity contribution in [2.75, 3.05) is 12.5 Å². The number of ether oxygens (including phenoxy) is 1. The molecular weight excluding hydrogens is 240 g/mol. The lowest BCUT2D eigenvalue weighted by Crippen LogP contribution is -2.26. The first kappa shape index (κ1) is 14.0. The van der Waals surface area contributed by atoms with E-state index in [4.69, 9.17) is 21.4 Å². The van der Waals surface area contributed by atoms with Gasteiger partial charge in [0.15, 0.2) is 6.10 Å². The predicted molar refractivity (Wildman–Crippen MR) is 67.6 cm³/mol. The second-order valence-electron chi connectivity index (χ2n) is 3.93. The third-order valence-electron chi connectivity index (χ3n) is 2.61. The lowest BCUT2D eigenvalue weighted by atomic mass is 9.95. The molecule has 1 aromatic rings. The maximum Gasteiger partial charge on any atom is 0.332 e. The van der Waals surface area contributed by atoms with Gasteiger partial charge >= 0.3 is 5.97 Å². The normalized spacial score (nSPS) is 14.2. The zero-order chi connectivity index (χ0) is 12.7. The summed E-state index contributed by atoms with van der Waals surface area (Å²) in [7, 11) is 0. The van der Waals surface area contributed by atoms with Crippen LogP contribution < -0.4 is 0 Å². The van der Waals surface area contributed by atoms with Gasteiger partial charge in [-0.2, -0.15) is 0 Å². The van der Waals surface area contributed by atoms with Crippen LogP contribution in [-0.2, 0) is 9.53 Å². The topological polar surface area (TPSA) is 46.5 Å². The summed E-state index contributed by atoms with van der Waals surface area (Å²) in [5, 5.41) is 9.03. The summed E-state index contributed by atoms with van der Waals surface area (Å²) in [5.74, 6) is -0.478. The summed E-state index contributed by atoms with van der Waals surface area (Å²) < 4.78 is 5.21. The molecule has 0 aliphatic carbocycles. The molecule has 0 aliphatic heterocycles. The second-order valence-corrected chi connectivity index (χ2v) is 4.31. The summed E-state index contributed by atoms with van der Waals surface area (Å²) in [6, 6.07) is 9.81. The van der Waals surface area contributed by atoms with Crippen LogP contribution in [-0.4, -0.2) is 29.7 Å². The molecule has 0 aromatic heterocycles. The maximum absolute atomic E-state index is 11.0. The van der Waals surface area contributed by atoms with E-state index in [1.165, 1.54) is 0 Å². The summed E-state index contributed by atoms with van der Waals surface area (Å²) in [4.78, 5) is 11.0. The average Bonchev–Trinajstić information content (AvgIpc) is 2.35. The number of halogens is 1. The van der Waals surface area contributed by atoms with Crippen LogP contribution in [0.2, 0.25) is 0 Å². The molecule has 3 nitrogen and oxygen atoms in total. The van der Waals surface area contributed by atoms with Gasteiger partial charge in [0.05, 0.1) is 6.61 Å². The molecule has 94 valence electrons. The summed E-state index contributed by atoms with van der Waals surface area (Å²) >= 11 is 5.49. The molecule has 4 heteroatoms. The van der Waals surface area contributed by atoms with Crippen molar-refractivity contribution in [1.29, 1.82) is 0 Å². The number of hydrogen-bond donors (Lipinski definition) is 1. The smallest absolute Gasteiger partial charge is 0.332 e. The fraction of sp³-hybridized carbons (Fsp3) is 0.462. The largest absolute Gasteiger partial charge is 0.479 e. The van der Waals surface area contributed by atoms with Crippen molar-refractivity contribution >= 4 is 17.6 Å². The number of rotatable bonds is 7. The Balaban J connectivity index is 2.58. The summed E-state index contributed by atoms with van der Waals surface area (Å²) in [5.41, 5.74) is 1.12. The number of aliphatic carboxylic acids is 1. The summed E-state index contributed by atoms with van der Waals surface area (Å²) in [6.45, 7) is 2.26. The van der Waals surface area contributed by atoms with Gasteiger partial charge < -0.3 is 9.84 Å². The molecule has 1 N–H and O–H groups in total. The van der Waals surface area contributed by atoms with Crippen LogP contribution in [0.5, 0.6) is 0 Å². The molecule has 17 heavy (non-hydrogen) atoms. The van der Waals surface area contributed by atoms with Gasteiger partial charge in [-0.15, -0.1) is 11.6 Å². The SMILES string of the molecule is CC(CC(OCCCl)C(=O)O)c1ccccc1. The van der Waals surface area contributed by atoms with Crippen LogP contribution in [0.25, 0.3) is 0 Å². The van der Waals surface area contributed by atoms with E-state index in [0.717, 1.165) is 5.56 Å². The molecule has 1 aromatic carbocycles. The molecule has 0 spiro atoms. The van der Waals surface area contributed by atoms with Crippen LogP contribution in [0.4, 0.5) is 0 Å². The van der Waals surface area contributed by atoms with Gasteiger partial charge in [0.1, 0.15) is 0 Å². The third-order valence-corrected chi connectivity index (χ3v) is 2.76. The van der Waals surface area contributed by atoms with Gasteiger partial charge in [0.25, 0.3) is 0 Å². The molecule has 0 amide bonds. The Kier molecular flexibility index (Phi) is 6.01. The molecule has 2 atom stereocenters. The van der Waals surface area contributed by atoms with Crippen molar-refractivity contribution in [1.82, 2.24) is 0 Å². The van der Waals surface area contributed by atoms with Gasteiger partial charge in [-0.3, -0.25) is 0 Å². The van der Waals surface area contributed by atoms with Crippen molar-refractivity contribution in [3.05, 3.63) is 35.9 Å². The Morgan fingerprint density at radius 3 is 2.59 bits per heavy atom. The zero-order valence-corrected chi connectivity index (χ0v) is 10.6. The molecule has 0 bridgehead atoms. The number of carboxylic acids is 1. The highest BCUT2D eigenvalue weighted by molar-refractivity contribution is 6.17. The van der Waals surface area contributed by atoms with Gasteiger partial charge in [0, 0.05) is 5.88 Å². The van der Waals surface area contributed by atoms with Crippen molar-refractivity contribution in [2.24, 2.45) is 0 Å². The van der Waals surface area contributed by atoms with E-state index in [0.29, 0.717) is 12.3 Å². The lowest BCUT2D eigenvalue weighted by Gasteiger charge is -2.18. The van der Waals surface area contributed by atoms with Crippen LogP contribution in [0.3, 0.4) is 0 Å². The van der Waals surface area contributed by atoms with Crippen molar-refractivity contribution < 1.29 is 14.6 Å².